The van der Waals surface area contributed by atoms with Crippen molar-refractivity contribution < 1.29 is 14.6 Å². The van der Waals surface area contributed by atoms with Crippen LogP contribution in [0.15, 0.2) is 24.3 Å². The van der Waals surface area contributed by atoms with E-state index in [9.17, 15) is 4.79 Å². The van der Waals surface area contributed by atoms with Gasteiger partial charge in [0.15, 0.2) is 6.10 Å². The van der Waals surface area contributed by atoms with Gasteiger partial charge >= 0.3 is 5.97 Å². The molecule has 1 unspecified atom stereocenters. The van der Waals surface area contributed by atoms with E-state index >= 15 is 0 Å². The molecule has 0 saturated heterocycles. The van der Waals surface area contributed by atoms with E-state index in [1.807, 2.05) is 18.2 Å². The van der Waals surface area contributed by atoms with Gasteiger partial charge in [-0.15, -0.1) is 0 Å². The minimum absolute atomic E-state index is 0.580. The van der Waals surface area contributed by atoms with Crippen LogP contribution < -0.4 is 10.1 Å². The maximum atomic E-state index is 10.8. The molecule has 1 aromatic carbocycles. The molecule has 4 nitrogen and oxygen atoms in total. The third kappa shape index (κ3) is 4.75. The third-order valence-corrected chi connectivity index (χ3v) is 2.49. The first-order valence-electron chi connectivity index (χ1n) is 6.18. The molecule has 1 rings (SSSR count). The maximum absolute atomic E-state index is 10.8. The van der Waals surface area contributed by atoms with E-state index in [4.69, 9.17) is 9.84 Å². The monoisotopic (exact) mass is 251 g/mol. The van der Waals surface area contributed by atoms with Gasteiger partial charge in [0, 0.05) is 12.1 Å². The molecule has 100 valence electrons. The van der Waals surface area contributed by atoms with E-state index in [2.05, 4.69) is 19.2 Å². The van der Waals surface area contributed by atoms with Crippen LogP contribution in [0.1, 0.15) is 26.3 Å². The molecule has 0 saturated carbocycles. The van der Waals surface area contributed by atoms with Crippen molar-refractivity contribution >= 4 is 5.97 Å². The molecule has 0 aliphatic heterocycles. The number of carboxylic acids is 1. The van der Waals surface area contributed by atoms with E-state index in [1.54, 1.807) is 6.07 Å². The van der Waals surface area contributed by atoms with E-state index in [0.29, 0.717) is 18.2 Å². The molecular weight excluding hydrogens is 230 g/mol. The van der Waals surface area contributed by atoms with Crippen molar-refractivity contribution in [3.05, 3.63) is 29.8 Å². The number of carbonyl (C=O) groups is 1. The zero-order chi connectivity index (χ0) is 13.5. The molecule has 0 aliphatic rings. The summed E-state index contributed by atoms with van der Waals surface area (Å²) in [6.45, 7) is 7.41. The van der Waals surface area contributed by atoms with Gasteiger partial charge in [0.05, 0.1) is 0 Å². The summed E-state index contributed by atoms with van der Waals surface area (Å²) in [5, 5.41) is 12.2. The van der Waals surface area contributed by atoms with Gasteiger partial charge in [0.2, 0.25) is 0 Å². The molecule has 0 aliphatic carbocycles. The molecule has 0 heterocycles. The van der Waals surface area contributed by atoms with Crippen molar-refractivity contribution in [2.75, 3.05) is 6.54 Å². The Hall–Kier alpha value is -1.55. The van der Waals surface area contributed by atoms with Gasteiger partial charge in [-0.05, 0) is 25.5 Å². The van der Waals surface area contributed by atoms with Crippen molar-refractivity contribution in [2.24, 2.45) is 5.92 Å². The van der Waals surface area contributed by atoms with Crippen molar-refractivity contribution in [1.29, 1.82) is 0 Å². The van der Waals surface area contributed by atoms with Crippen LogP contribution in [0.25, 0.3) is 0 Å². The Balaban J connectivity index is 2.64. The fraction of sp³-hybridized carbons (Fsp3) is 0.500. The van der Waals surface area contributed by atoms with Gasteiger partial charge < -0.3 is 15.2 Å². The lowest BCUT2D eigenvalue weighted by atomic mass is 10.1. The average molecular weight is 251 g/mol. The average Bonchev–Trinajstić information content (AvgIpc) is 2.30. The van der Waals surface area contributed by atoms with Gasteiger partial charge in [0.25, 0.3) is 0 Å². The Morgan fingerprint density at radius 2 is 2.00 bits per heavy atom. The summed E-state index contributed by atoms with van der Waals surface area (Å²) < 4.78 is 5.42. The minimum Gasteiger partial charge on any atom is -0.479 e. The second-order valence-corrected chi connectivity index (χ2v) is 4.73. The zero-order valence-corrected chi connectivity index (χ0v) is 11.1. The Bertz CT molecular complexity index is 390. The second-order valence-electron chi connectivity index (χ2n) is 4.73. The molecule has 0 fully saturated rings. The molecule has 1 aromatic rings. The summed E-state index contributed by atoms with van der Waals surface area (Å²) in [6, 6.07) is 7.50. The van der Waals surface area contributed by atoms with Gasteiger partial charge in [-0.2, -0.15) is 0 Å². The first-order valence-corrected chi connectivity index (χ1v) is 6.18. The normalized spacial score (nSPS) is 12.4. The van der Waals surface area contributed by atoms with Gasteiger partial charge in [-0.25, -0.2) is 4.79 Å². The highest BCUT2D eigenvalue weighted by Crippen LogP contribution is 2.19. The molecule has 0 radical (unpaired) electrons. The highest BCUT2D eigenvalue weighted by atomic mass is 16.5. The van der Waals surface area contributed by atoms with E-state index < -0.39 is 12.1 Å². The Labute approximate surface area is 108 Å². The van der Waals surface area contributed by atoms with Crippen LogP contribution >= 0.6 is 0 Å². The fourth-order valence-corrected chi connectivity index (χ4v) is 1.50. The predicted octanol–water partition coefficient (Wildman–Crippen LogP) is 2.28. The molecule has 4 heteroatoms. The molecule has 18 heavy (non-hydrogen) atoms. The summed E-state index contributed by atoms with van der Waals surface area (Å²) in [5.41, 5.74) is 0.978. The molecule has 0 amide bonds. The number of nitrogens with one attached hydrogen (secondary N) is 1. The van der Waals surface area contributed by atoms with E-state index in [1.165, 1.54) is 6.92 Å². The predicted molar refractivity (Wildman–Crippen MR) is 70.7 cm³/mol. The molecule has 1 atom stereocenters. The first kappa shape index (κ1) is 14.5. The van der Waals surface area contributed by atoms with Crippen molar-refractivity contribution in [2.45, 2.75) is 33.4 Å². The van der Waals surface area contributed by atoms with Crippen LogP contribution in [-0.2, 0) is 11.3 Å². The lowest BCUT2D eigenvalue weighted by Crippen LogP contribution is -2.24. The molecule has 0 spiro atoms. The number of rotatable bonds is 7. The molecule has 0 aromatic heterocycles. The summed E-state index contributed by atoms with van der Waals surface area (Å²) in [7, 11) is 0. The summed E-state index contributed by atoms with van der Waals surface area (Å²) in [5.74, 6) is 0.250. The number of hydrogen-bond acceptors (Lipinski definition) is 3. The van der Waals surface area contributed by atoms with Gasteiger partial charge in [-0.1, -0.05) is 32.0 Å². The van der Waals surface area contributed by atoms with Crippen LogP contribution in [0.3, 0.4) is 0 Å². The highest BCUT2D eigenvalue weighted by molar-refractivity contribution is 5.72. The molecular formula is C14H21NO3. The van der Waals surface area contributed by atoms with Crippen LogP contribution in [0, 0.1) is 5.92 Å². The number of benzene rings is 1. The SMILES string of the molecule is CC(C)CNCc1ccccc1OC(C)C(=O)O. The largest absolute Gasteiger partial charge is 0.479 e. The topological polar surface area (TPSA) is 58.6 Å². The van der Waals surface area contributed by atoms with E-state index in [0.717, 1.165) is 12.1 Å². The summed E-state index contributed by atoms with van der Waals surface area (Å²) in [4.78, 5) is 10.8. The van der Waals surface area contributed by atoms with Crippen LogP contribution in [0.5, 0.6) is 5.75 Å². The van der Waals surface area contributed by atoms with Crippen molar-refractivity contribution in [3.8, 4) is 5.75 Å². The highest BCUT2D eigenvalue weighted by Gasteiger charge is 2.14. The Kier molecular flexibility index (Phi) is 5.65. The van der Waals surface area contributed by atoms with Crippen LogP contribution in [0.4, 0.5) is 0 Å². The lowest BCUT2D eigenvalue weighted by molar-refractivity contribution is -0.144. The van der Waals surface area contributed by atoms with Gasteiger partial charge in [-0.3, -0.25) is 0 Å². The Morgan fingerprint density at radius 3 is 2.61 bits per heavy atom. The van der Waals surface area contributed by atoms with Gasteiger partial charge in [0.1, 0.15) is 5.75 Å². The zero-order valence-electron chi connectivity index (χ0n) is 11.1. The number of aliphatic carboxylic acids is 1. The number of carboxylic acid groups (broad SMARTS) is 1. The fourth-order valence-electron chi connectivity index (χ4n) is 1.50. The maximum Gasteiger partial charge on any atom is 0.344 e. The first-order chi connectivity index (χ1) is 8.50. The van der Waals surface area contributed by atoms with Crippen LogP contribution in [-0.4, -0.2) is 23.7 Å². The summed E-state index contributed by atoms with van der Waals surface area (Å²) in [6.07, 6.45) is -0.837. The lowest BCUT2D eigenvalue weighted by Gasteiger charge is -2.15. The number of hydrogen-bond donors (Lipinski definition) is 2. The molecule has 0 bridgehead atoms. The Morgan fingerprint density at radius 1 is 1.33 bits per heavy atom. The quantitative estimate of drug-likeness (QED) is 0.780. The second kappa shape index (κ2) is 7.01. The summed E-state index contributed by atoms with van der Waals surface area (Å²) >= 11 is 0. The van der Waals surface area contributed by atoms with E-state index in [-0.39, 0.29) is 0 Å². The third-order valence-electron chi connectivity index (χ3n) is 2.49. The van der Waals surface area contributed by atoms with Crippen LogP contribution in [0.2, 0.25) is 0 Å². The standard InChI is InChI=1S/C14H21NO3/c1-10(2)8-15-9-12-6-4-5-7-13(12)18-11(3)14(16)17/h4-7,10-11,15H,8-9H2,1-3H3,(H,16,17). The minimum atomic E-state index is -0.958. The molecule has 2 N–H and O–H groups in total. The smallest absolute Gasteiger partial charge is 0.344 e. The van der Waals surface area contributed by atoms with Crippen molar-refractivity contribution in [1.82, 2.24) is 5.32 Å². The van der Waals surface area contributed by atoms with Crippen molar-refractivity contribution in [3.63, 3.8) is 0 Å². The number of para-hydroxylation sites is 1. The number of ether oxygens (including phenoxy) is 1.